The number of aliphatic hydroxyl groups excluding tert-OH is 1. The number of hydrogen-bond acceptors (Lipinski definition) is 3. The van der Waals surface area contributed by atoms with Gasteiger partial charge < -0.3 is 10.2 Å². The van der Waals surface area contributed by atoms with Crippen LogP contribution >= 0.6 is 0 Å². The van der Waals surface area contributed by atoms with Crippen molar-refractivity contribution in [1.29, 1.82) is 0 Å². The molecule has 0 aliphatic rings. The number of aromatic nitrogens is 1. The number of pyridine rings is 1. The number of hydrogen-bond donors (Lipinski definition) is 2. The summed E-state index contributed by atoms with van der Waals surface area (Å²) in [5, 5.41) is 17.9. The fourth-order valence-electron chi connectivity index (χ4n) is 1.60. The van der Waals surface area contributed by atoms with Gasteiger partial charge in [-0.05, 0) is 17.7 Å². The monoisotopic (exact) mass is 247 g/mol. The van der Waals surface area contributed by atoms with Crippen molar-refractivity contribution in [2.75, 3.05) is 0 Å². The molecule has 0 saturated carbocycles. The number of benzene rings is 1. The van der Waals surface area contributed by atoms with E-state index in [0.29, 0.717) is 11.1 Å². The van der Waals surface area contributed by atoms with Gasteiger partial charge in [-0.2, -0.15) is 0 Å². The quantitative estimate of drug-likeness (QED) is 0.870. The molecule has 4 nitrogen and oxygen atoms in total. The van der Waals surface area contributed by atoms with Crippen molar-refractivity contribution in [2.45, 2.75) is 6.10 Å². The van der Waals surface area contributed by atoms with E-state index in [1.807, 2.05) is 0 Å². The zero-order chi connectivity index (χ0) is 13.1. The molecule has 18 heavy (non-hydrogen) atoms. The van der Waals surface area contributed by atoms with Crippen molar-refractivity contribution in [2.24, 2.45) is 0 Å². The molecule has 0 amide bonds. The number of aliphatic hydroxyl groups is 1. The number of rotatable bonds is 3. The van der Waals surface area contributed by atoms with Gasteiger partial charge in [0, 0.05) is 23.5 Å². The van der Waals surface area contributed by atoms with E-state index in [1.165, 1.54) is 18.3 Å². The molecule has 1 unspecified atom stereocenters. The maximum atomic E-state index is 13.8. The van der Waals surface area contributed by atoms with Crippen LogP contribution in [0.2, 0.25) is 0 Å². The molecule has 1 atom stereocenters. The molecule has 92 valence electrons. The Morgan fingerprint density at radius 3 is 2.67 bits per heavy atom. The Hall–Kier alpha value is -2.27. The van der Waals surface area contributed by atoms with Crippen molar-refractivity contribution in [3.05, 3.63) is 54.1 Å². The lowest BCUT2D eigenvalue weighted by molar-refractivity contribution is -0.146. The predicted octanol–water partition coefficient (Wildman–Crippen LogP) is 2.01. The van der Waals surface area contributed by atoms with Gasteiger partial charge in [-0.1, -0.05) is 18.2 Å². The van der Waals surface area contributed by atoms with Crippen molar-refractivity contribution >= 4 is 5.97 Å². The molecule has 1 aromatic carbocycles. The van der Waals surface area contributed by atoms with Crippen LogP contribution in [-0.4, -0.2) is 21.2 Å². The molecule has 0 fully saturated rings. The van der Waals surface area contributed by atoms with Crippen LogP contribution in [0.15, 0.2) is 42.7 Å². The minimum atomic E-state index is -1.72. The van der Waals surface area contributed by atoms with Crippen LogP contribution < -0.4 is 0 Å². The van der Waals surface area contributed by atoms with E-state index < -0.39 is 17.9 Å². The third kappa shape index (κ3) is 2.36. The van der Waals surface area contributed by atoms with Crippen LogP contribution in [0.3, 0.4) is 0 Å². The van der Waals surface area contributed by atoms with Crippen molar-refractivity contribution in [3.63, 3.8) is 0 Å². The van der Waals surface area contributed by atoms with Crippen LogP contribution in [0.1, 0.15) is 11.7 Å². The first-order valence-corrected chi connectivity index (χ1v) is 5.20. The molecule has 2 aromatic rings. The Morgan fingerprint density at radius 2 is 2.11 bits per heavy atom. The SMILES string of the molecule is O=C(O)C(O)c1ccc(-c2cccnc2)c(F)c1. The molecule has 0 radical (unpaired) electrons. The Morgan fingerprint density at radius 1 is 1.33 bits per heavy atom. The zero-order valence-corrected chi connectivity index (χ0v) is 9.25. The van der Waals surface area contributed by atoms with Crippen molar-refractivity contribution in [1.82, 2.24) is 4.98 Å². The Balaban J connectivity index is 2.40. The van der Waals surface area contributed by atoms with Gasteiger partial charge in [-0.15, -0.1) is 0 Å². The van der Waals surface area contributed by atoms with E-state index in [4.69, 9.17) is 5.11 Å². The standard InChI is InChI=1S/C13H10FNO3/c14-11-6-8(12(16)13(17)18)3-4-10(11)9-2-1-5-15-7-9/h1-7,12,16H,(H,17,18). The Kier molecular flexibility index (Phi) is 3.34. The largest absolute Gasteiger partial charge is 0.479 e. The number of nitrogens with zero attached hydrogens (tertiary/aromatic N) is 1. The van der Waals surface area contributed by atoms with Gasteiger partial charge in [0.1, 0.15) is 5.82 Å². The van der Waals surface area contributed by atoms with Gasteiger partial charge in [0.25, 0.3) is 0 Å². The number of carbonyl (C=O) groups is 1. The van der Waals surface area contributed by atoms with E-state index in [9.17, 15) is 14.3 Å². The molecular formula is C13H10FNO3. The number of carboxylic acid groups (broad SMARTS) is 1. The summed E-state index contributed by atoms with van der Waals surface area (Å²) in [6.07, 6.45) is 1.36. The highest BCUT2D eigenvalue weighted by atomic mass is 19.1. The lowest BCUT2D eigenvalue weighted by Gasteiger charge is -2.08. The molecule has 5 heteroatoms. The molecule has 1 aromatic heterocycles. The zero-order valence-electron chi connectivity index (χ0n) is 9.25. The first-order valence-electron chi connectivity index (χ1n) is 5.20. The van der Waals surface area contributed by atoms with Gasteiger partial charge >= 0.3 is 5.97 Å². The van der Waals surface area contributed by atoms with Gasteiger partial charge in [-0.25, -0.2) is 9.18 Å². The molecule has 2 N–H and O–H groups in total. The van der Waals surface area contributed by atoms with E-state index in [2.05, 4.69) is 4.98 Å². The van der Waals surface area contributed by atoms with Crippen molar-refractivity contribution in [3.8, 4) is 11.1 Å². The van der Waals surface area contributed by atoms with Crippen LogP contribution in [0, 0.1) is 5.82 Å². The first kappa shape index (κ1) is 12.2. The average molecular weight is 247 g/mol. The highest BCUT2D eigenvalue weighted by Crippen LogP contribution is 2.25. The van der Waals surface area contributed by atoms with E-state index in [-0.39, 0.29) is 5.56 Å². The fourth-order valence-corrected chi connectivity index (χ4v) is 1.60. The molecule has 0 spiro atoms. The molecule has 0 saturated heterocycles. The predicted molar refractivity (Wildman–Crippen MR) is 62.2 cm³/mol. The third-order valence-electron chi connectivity index (χ3n) is 2.52. The van der Waals surface area contributed by atoms with Crippen molar-refractivity contribution < 1.29 is 19.4 Å². The lowest BCUT2D eigenvalue weighted by Crippen LogP contribution is -2.10. The van der Waals surface area contributed by atoms with E-state index in [1.54, 1.807) is 18.3 Å². The van der Waals surface area contributed by atoms with E-state index >= 15 is 0 Å². The Labute approximate surface area is 102 Å². The van der Waals surface area contributed by atoms with Gasteiger partial charge in [0.05, 0.1) is 0 Å². The van der Waals surface area contributed by atoms with Gasteiger partial charge in [0.2, 0.25) is 0 Å². The summed E-state index contributed by atoms with van der Waals surface area (Å²) in [6.45, 7) is 0. The maximum absolute atomic E-state index is 13.8. The average Bonchev–Trinajstić information content (AvgIpc) is 2.38. The van der Waals surface area contributed by atoms with Crippen LogP contribution in [0.25, 0.3) is 11.1 Å². The van der Waals surface area contributed by atoms with Gasteiger partial charge in [0.15, 0.2) is 6.10 Å². The van der Waals surface area contributed by atoms with E-state index in [0.717, 1.165) is 6.07 Å². The smallest absolute Gasteiger partial charge is 0.337 e. The second kappa shape index (κ2) is 4.93. The number of carboxylic acids is 1. The summed E-state index contributed by atoms with van der Waals surface area (Å²) < 4.78 is 13.8. The fraction of sp³-hybridized carbons (Fsp3) is 0.0769. The number of aliphatic carboxylic acids is 1. The van der Waals surface area contributed by atoms with Crippen LogP contribution in [-0.2, 0) is 4.79 Å². The topological polar surface area (TPSA) is 70.4 Å². The minimum Gasteiger partial charge on any atom is -0.479 e. The highest BCUT2D eigenvalue weighted by molar-refractivity contribution is 5.74. The summed E-state index contributed by atoms with van der Waals surface area (Å²) in [4.78, 5) is 14.5. The number of halogens is 1. The first-order chi connectivity index (χ1) is 8.59. The molecule has 0 aliphatic carbocycles. The summed E-state index contributed by atoms with van der Waals surface area (Å²) in [5.41, 5.74) is 0.906. The molecule has 2 rings (SSSR count). The summed E-state index contributed by atoms with van der Waals surface area (Å²) >= 11 is 0. The summed E-state index contributed by atoms with van der Waals surface area (Å²) in [5.74, 6) is -2.01. The maximum Gasteiger partial charge on any atom is 0.337 e. The molecule has 0 aliphatic heterocycles. The van der Waals surface area contributed by atoms with Crippen LogP contribution in [0.5, 0.6) is 0 Å². The highest BCUT2D eigenvalue weighted by Gasteiger charge is 2.17. The second-order valence-corrected chi connectivity index (χ2v) is 3.72. The molecular weight excluding hydrogens is 237 g/mol. The minimum absolute atomic E-state index is 0.00707. The summed E-state index contributed by atoms with van der Waals surface area (Å²) in [6, 6.07) is 7.19. The molecule has 1 heterocycles. The lowest BCUT2D eigenvalue weighted by atomic mass is 10.0. The second-order valence-electron chi connectivity index (χ2n) is 3.72. The molecule has 0 bridgehead atoms. The normalized spacial score (nSPS) is 12.1. The van der Waals surface area contributed by atoms with Crippen LogP contribution in [0.4, 0.5) is 4.39 Å². The van der Waals surface area contributed by atoms with Gasteiger partial charge in [-0.3, -0.25) is 4.98 Å². The Bertz CT molecular complexity index is 572. The third-order valence-corrected chi connectivity index (χ3v) is 2.52. The summed E-state index contributed by atoms with van der Waals surface area (Å²) in [7, 11) is 0.